The zero-order chi connectivity index (χ0) is 24.4. The van der Waals surface area contributed by atoms with Crippen LogP contribution in [0, 0.1) is 12.8 Å². The van der Waals surface area contributed by atoms with Gasteiger partial charge in [-0.2, -0.15) is 4.31 Å². The molecule has 0 saturated carbocycles. The average molecular weight is 493 g/mol. The minimum atomic E-state index is -3.48. The number of hydrogen-bond donors (Lipinski definition) is 1. The van der Waals surface area contributed by atoms with Crippen molar-refractivity contribution in [1.82, 2.24) is 9.29 Å². The maximum Gasteiger partial charge on any atom is 0.243 e. The fourth-order valence-electron chi connectivity index (χ4n) is 5.03. The van der Waals surface area contributed by atoms with Crippen molar-refractivity contribution in [3.8, 4) is 0 Å². The van der Waals surface area contributed by atoms with E-state index in [1.54, 1.807) is 22.5 Å². The van der Waals surface area contributed by atoms with Gasteiger partial charge in [-0.1, -0.05) is 24.6 Å². The maximum absolute atomic E-state index is 13.1. The number of carbonyl (C=O) groups is 1. The highest BCUT2D eigenvalue weighted by atomic mass is 32.2. The molecule has 2 aromatic carbocycles. The first-order chi connectivity index (χ1) is 16.9. The Balaban J connectivity index is 1.32. The second-order valence-electron chi connectivity index (χ2n) is 9.58. The van der Waals surface area contributed by atoms with Crippen LogP contribution in [-0.4, -0.2) is 49.8 Å². The molecule has 2 aliphatic heterocycles. The van der Waals surface area contributed by atoms with Crippen molar-refractivity contribution in [2.24, 2.45) is 5.92 Å². The number of para-hydroxylation sites is 1. The minimum absolute atomic E-state index is 0.0392. The molecule has 2 aliphatic rings. The third kappa shape index (κ3) is 5.04. The summed E-state index contributed by atoms with van der Waals surface area (Å²) in [5, 5.41) is 3.89. The third-order valence-corrected chi connectivity index (χ3v) is 9.01. The number of fused-ring (bicyclic) bond motifs is 1. The van der Waals surface area contributed by atoms with E-state index in [-0.39, 0.29) is 11.8 Å². The van der Waals surface area contributed by atoms with Gasteiger partial charge < -0.3 is 10.2 Å². The number of piperidine rings is 2. The van der Waals surface area contributed by atoms with E-state index in [9.17, 15) is 13.2 Å². The quantitative estimate of drug-likeness (QED) is 0.564. The molecule has 3 aromatic rings. The van der Waals surface area contributed by atoms with Crippen molar-refractivity contribution < 1.29 is 13.2 Å². The van der Waals surface area contributed by atoms with Crippen LogP contribution in [0.1, 0.15) is 37.7 Å². The molecule has 3 heterocycles. The van der Waals surface area contributed by atoms with Crippen LogP contribution in [0.2, 0.25) is 0 Å². The summed E-state index contributed by atoms with van der Waals surface area (Å²) >= 11 is 0. The summed E-state index contributed by atoms with van der Waals surface area (Å²) in [5.41, 5.74) is 2.66. The van der Waals surface area contributed by atoms with E-state index in [1.165, 1.54) is 0 Å². The topological polar surface area (TPSA) is 82.6 Å². The van der Waals surface area contributed by atoms with Crippen LogP contribution in [0.15, 0.2) is 59.5 Å². The number of amides is 1. The lowest BCUT2D eigenvalue weighted by molar-refractivity contribution is -0.120. The Morgan fingerprint density at radius 2 is 1.77 bits per heavy atom. The molecule has 1 atom stereocenters. The van der Waals surface area contributed by atoms with Crippen molar-refractivity contribution in [2.45, 2.75) is 43.9 Å². The van der Waals surface area contributed by atoms with Crippen LogP contribution in [0.5, 0.6) is 0 Å². The number of aromatic nitrogens is 1. The van der Waals surface area contributed by atoms with E-state index >= 15 is 0 Å². The van der Waals surface area contributed by atoms with E-state index < -0.39 is 10.0 Å². The van der Waals surface area contributed by atoms with Gasteiger partial charge in [-0.25, -0.2) is 13.4 Å². The van der Waals surface area contributed by atoms with Crippen LogP contribution in [0.3, 0.4) is 0 Å². The predicted octanol–water partition coefficient (Wildman–Crippen LogP) is 4.57. The molecule has 7 nitrogen and oxygen atoms in total. The summed E-state index contributed by atoms with van der Waals surface area (Å²) in [6.45, 7) is 4.62. The average Bonchev–Trinajstić information content (AvgIpc) is 2.90. The van der Waals surface area contributed by atoms with Gasteiger partial charge in [0.05, 0.1) is 16.3 Å². The van der Waals surface area contributed by atoms with Gasteiger partial charge in [-0.15, -0.1) is 0 Å². The van der Waals surface area contributed by atoms with Gasteiger partial charge in [-0.3, -0.25) is 4.79 Å². The van der Waals surface area contributed by atoms with Crippen LogP contribution in [0.4, 0.5) is 11.5 Å². The van der Waals surface area contributed by atoms with Gasteiger partial charge in [0.2, 0.25) is 15.9 Å². The van der Waals surface area contributed by atoms with Gasteiger partial charge in [0.15, 0.2) is 0 Å². The van der Waals surface area contributed by atoms with Crippen molar-refractivity contribution in [2.75, 3.05) is 36.4 Å². The molecule has 184 valence electrons. The normalized spacial score (nSPS) is 19.6. The highest BCUT2D eigenvalue weighted by molar-refractivity contribution is 7.89. The number of rotatable bonds is 5. The zero-order valence-electron chi connectivity index (χ0n) is 20.1. The Hall–Kier alpha value is -2.97. The highest BCUT2D eigenvalue weighted by Crippen LogP contribution is 2.28. The lowest BCUT2D eigenvalue weighted by Crippen LogP contribution is -2.41. The Morgan fingerprint density at radius 3 is 2.57 bits per heavy atom. The summed E-state index contributed by atoms with van der Waals surface area (Å²) in [4.78, 5) is 20.2. The second-order valence-corrected chi connectivity index (χ2v) is 11.5. The number of hydrogen-bond acceptors (Lipinski definition) is 5. The standard InChI is InChI=1S/C27H32N4O3S/c1-20-8-3-4-10-24(20)29-27(32)22-9-7-15-30(19-22)26-14-11-21-18-23(12-13-25(21)28-26)35(33,34)31-16-5-2-6-17-31/h3-4,8,10-14,18,22H,2,5-7,9,15-17,19H2,1H3,(H,29,32). The lowest BCUT2D eigenvalue weighted by atomic mass is 9.96. The van der Waals surface area contributed by atoms with Crippen LogP contribution >= 0.6 is 0 Å². The molecule has 0 bridgehead atoms. The summed E-state index contributed by atoms with van der Waals surface area (Å²) in [6.07, 6.45) is 4.68. The molecule has 8 heteroatoms. The molecule has 1 N–H and O–H groups in total. The molecule has 0 aliphatic carbocycles. The summed E-state index contributed by atoms with van der Waals surface area (Å²) in [5.74, 6) is 0.743. The van der Waals surface area contributed by atoms with E-state index in [0.717, 1.165) is 66.6 Å². The molecule has 1 unspecified atom stereocenters. The fraction of sp³-hybridized carbons (Fsp3) is 0.407. The number of sulfonamides is 1. The molecule has 2 saturated heterocycles. The number of nitrogens with one attached hydrogen (secondary N) is 1. The summed E-state index contributed by atoms with van der Waals surface area (Å²) < 4.78 is 27.7. The van der Waals surface area contributed by atoms with Crippen molar-refractivity contribution in [3.05, 3.63) is 60.2 Å². The summed E-state index contributed by atoms with van der Waals surface area (Å²) in [6, 6.07) is 16.9. The first-order valence-electron chi connectivity index (χ1n) is 12.4. The van der Waals surface area contributed by atoms with Gasteiger partial charge in [0, 0.05) is 37.3 Å². The predicted molar refractivity (Wildman–Crippen MR) is 139 cm³/mol. The van der Waals surface area contributed by atoms with Crippen LogP contribution < -0.4 is 10.2 Å². The molecule has 0 spiro atoms. The van der Waals surface area contributed by atoms with Crippen molar-refractivity contribution >= 4 is 38.3 Å². The monoisotopic (exact) mass is 492 g/mol. The van der Waals surface area contributed by atoms with Crippen LogP contribution in [-0.2, 0) is 14.8 Å². The first-order valence-corrected chi connectivity index (χ1v) is 13.9. The number of benzene rings is 2. The molecular weight excluding hydrogens is 460 g/mol. The Morgan fingerprint density at radius 1 is 0.971 bits per heavy atom. The van der Waals surface area contributed by atoms with E-state index in [4.69, 9.17) is 4.98 Å². The van der Waals surface area contributed by atoms with E-state index in [2.05, 4.69) is 10.2 Å². The molecular formula is C27H32N4O3S. The van der Waals surface area contributed by atoms with Gasteiger partial charge in [-0.05, 0) is 74.6 Å². The zero-order valence-corrected chi connectivity index (χ0v) is 20.9. The number of pyridine rings is 1. The molecule has 5 rings (SSSR count). The molecule has 2 fully saturated rings. The van der Waals surface area contributed by atoms with Crippen molar-refractivity contribution in [1.29, 1.82) is 0 Å². The fourth-order valence-corrected chi connectivity index (χ4v) is 6.58. The Labute approximate surface area is 207 Å². The Bertz CT molecular complexity index is 1340. The molecule has 0 radical (unpaired) electrons. The molecule has 1 aromatic heterocycles. The lowest BCUT2D eigenvalue weighted by Gasteiger charge is -2.33. The number of aryl methyl sites for hydroxylation is 1. The largest absolute Gasteiger partial charge is 0.356 e. The smallest absolute Gasteiger partial charge is 0.243 e. The maximum atomic E-state index is 13.1. The van der Waals surface area contributed by atoms with Gasteiger partial charge in [0.25, 0.3) is 0 Å². The van der Waals surface area contributed by atoms with E-state index in [1.807, 2.05) is 43.3 Å². The third-order valence-electron chi connectivity index (χ3n) is 7.12. The van der Waals surface area contributed by atoms with Gasteiger partial charge >= 0.3 is 0 Å². The Kier molecular flexibility index (Phi) is 6.75. The minimum Gasteiger partial charge on any atom is -0.356 e. The SMILES string of the molecule is Cc1ccccc1NC(=O)C1CCCN(c2ccc3cc(S(=O)(=O)N4CCCCC4)ccc3n2)C1. The number of nitrogens with zero attached hydrogens (tertiary/aromatic N) is 3. The molecule has 1 amide bonds. The number of carbonyl (C=O) groups excluding carboxylic acids is 1. The highest BCUT2D eigenvalue weighted by Gasteiger charge is 2.28. The summed E-state index contributed by atoms with van der Waals surface area (Å²) in [7, 11) is -3.48. The van der Waals surface area contributed by atoms with Gasteiger partial charge in [0.1, 0.15) is 5.82 Å². The first kappa shape index (κ1) is 23.8. The van der Waals surface area contributed by atoms with Crippen LogP contribution in [0.25, 0.3) is 10.9 Å². The number of anilines is 2. The second kappa shape index (κ2) is 9.95. The van der Waals surface area contributed by atoms with E-state index in [0.29, 0.717) is 24.5 Å². The van der Waals surface area contributed by atoms with Crippen molar-refractivity contribution in [3.63, 3.8) is 0 Å². The molecule has 35 heavy (non-hydrogen) atoms.